The van der Waals surface area contributed by atoms with E-state index in [1.54, 1.807) is 0 Å². The van der Waals surface area contributed by atoms with Crippen molar-refractivity contribution >= 4 is 11.9 Å². The standard InChI is InChI=1S/C6H11NO4/c1-4(8)2-5(9)7-3-6(10)11/h4,8H,2-3H2,1H3,(H,7,9)(H,10,11). The lowest BCUT2D eigenvalue weighted by atomic mass is 10.3. The number of nitrogens with one attached hydrogen (secondary N) is 1. The molecule has 11 heavy (non-hydrogen) atoms. The zero-order valence-electron chi connectivity index (χ0n) is 6.20. The first-order chi connectivity index (χ1) is 5.02. The Labute approximate surface area is 64.0 Å². The predicted molar refractivity (Wildman–Crippen MR) is 36.9 cm³/mol. The van der Waals surface area contributed by atoms with E-state index in [1.165, 1.54) is 6.92 Å². The third-order valence-corrected chi connectivity index (χ3v) is 0.918. The van der Waals surface area contributed by atoms with Crippen LogP contribution in [0.15, 0.2) is 0 Å². The zero-order chi connectivity index (χ0) is 8.85. The predicted octanol–water partition coefficient (Wildman–Crippen LogP) is -1.04. The van der Waals surface area contributed by atoms with Crippen molar-refractivity contribution in [3.8, 4) is 0 Å². The molecule has 0 aliphatic heterocycles. The van der Waals surface area contributed by atoms with Gasteiger partial charge in [0.05, 0.1) is 12.5 Å². The number of carboxylic acids is 1. The maximum atomic E-state index is 10.6. The van der Waals surface area contributed by atoms with Crippen molar-refractivity contribution in [2.75, 3.05) is 6.54 Å². The molecule has 0 aliphatic rings. The van der Waals surface area contributed by atoms with Gasteiger partial charge in [-0.3, -0.25) is 9.59 Å². The summed E-state index contributed by atoms with van der Waals surface area (Å²) in [7, 11) is 0. The van der Waals surface area contributed by atoms with Crippen LogP contribution in [0.25, 0.3) is 0 Å². The molecule has 0 spiro atoms. The van der Waals surface area contributed by atoms with E-state index in [0.29, 0.717) is 0 Å². The number of aliphatic carboxylic acids is 1. The van der Waals surface area contributed by atoms with Gasteiger partial charge < -0.3 is 15.5 Å². The molecule has 0 rings (SSSR count). The molecule has 5 nitrogen and oxygen atoms in total. The van der Waals surface area contributed by atoms with Gasteiger partial charge in [-0.05, 0) is 6.92 Å². The van der Waals surface area contributed by atoms with Crippen LogP contribution in [0.1, 0.15) is 13.3 Å². The van der Waals surface area contributed by atoms with Crippen LogP contribution in [0, 0.1) is 0 Å². The number of hydrogen-bond donors (Lipinski definition) is 3. The van der Waals surface area contributed by atoms with Crippen LogP contribution >= 0.6 is 0 Å². The molecule has 0 aromatic heterocycles. The number of carbonyl (C=O) groups excluding carboxylic acids is 1. The highest BCUT2D eigenvalue weighted by molar-refractivity contribution is 5.81. The van der Waals surface area contributed by atoms with Crippen molar-refractivity contribution in [3.05, 3.63) is 0 Å². The van der Waals surface area contributed by atoms with Gasteiger partial charge in [-0.25, -0.2) is 0 Å². The monoisotopic (exact) mass is 161 g/mol. The van der Waals surface area contributed by atoms with Crippen LogP contribution in [0.2, 0.25) is 0 Å². The lowest BCUT2D eigenvalue weighted by Crippen LogP contribution is -2.31. The van der Waals surface area contributed by atoms with Crippen LogP contribution in [-0.4, -0.2) is 34.7 Å². The highest BCUT2D eigenvalue weighted by Crippen LogP contribution is 1.87. The molecule has 1 unspecified atom stereocenters. The maximum Gasteiger partial charge on any atom is 0.322 e. The quantitative estimate of drug-likeness (QED) is 0.491. The largest absolute Gasteiger partial charge is 0.480 e. The van der Waals surface area contributed by atoms with Crippen LogP contribution in [0.3, 0.4) is 0 Å². The Morgan fingerprint density at radius 1 is 1.55 bits per heavy atom. The second kappa shape index (κ2) is 4.68. The number of hydrogen-bond acceptors (Lipinski definition) is 3. The number of carboxylic acid groups (broad SMARTS) is 1. The second-order valence-corrected chi connectivity index (χ2v) is 2.22. The summed E-state index contributed by atoms with van der Waals surface area (Å²) in [6.45, 7) is 1.06. The molecule has 0 saturated carbocycles. The second-order valence-electron chi connectivity index (χ2n) is 2.22. The van der Waals surface area contributed by atoms with Gasteiger partial charge in [0.2, 0.25) is 5.91 Å². The minimum atomic E-state index is -1.09. The number of rotatable bonds is 4. The third-order valence-electron chi connectivity index (χ3n) is 0.918. The number of amides is 1. The fraction of sp³-hybridized carbons (Fsp3) is 0.667. The SMILES string of the molecule is CC(O)CC(=O)NCC(=O)O. The molecule has 0 bridgehead atoms. The van der Waals surface area contributed by atoms with Gasteiger partial charge in [0.25, 0.3) is 0 Å². The highest BCUT2D eigenvalue weighted by atomic mass is 16.4. The Morgan fingerprint density at radius 3 is 2.45 bits per heavy atom. The van der Waals surface area contributed by atoms with Gasteiger partial charge in [0.1, 0.15) is 6.54 Å². The molecule has 0 aliphatic carbocycles. The molecule has 0 saturated heterocycles. The summed E-state index contributed by atoms with van der Waals surface area (Å²) < 4.78 is 0. The minimum Gasteiger partial charge on any atom is -0.480 e. The summed E-state index contributed by atoms with van der Waals surface area (Å²) in [5.41, 5.74) is 0. The van der Waals surface area contributed by atoms with Gasteiger partial charge in [-0.15, -0.1) is 0 Å². The van der Waals surface area contributed by atoms with E-state index in [0.717, 1.165) is 0 Å². The maximum absolute atomic E-state index is 10.6. The van der Waals surface area contributed by atoms with Crippen LogP contribution in [0.5, 0.6) is 0 Å². The molecule has 5 heteroatoms. The van der Waals surface area contributed by atoms with E-state index in [-0.39, 0.29) is 6.42 Å². The van der Waals surface area contributed by atoms with E-state index in [4.69, 9.17) is 10.2 Å². The molecule has 0 aromatic rings. The molecule has 1 amide bonds. The van der Waals surface area contributed by atoms with Crippen molar-refractivity contribution in [2.45, 2.75) is 19.4 Å². The average molecular weight is 161 g/mol. The molecule has 3 N–H and O–H groups in total. The average Bonchev–Trinajstić information content (AvgIpc) is 1.82. The van der Waals surface area contributed by atoms with Crippen molar-refractivity contribution in [1.29, 1.82) is 0 Å². The van der Waals surface area contributed by atoms with Crippen molar-refractivity contribution < 1.29 is 19.8 Å². The lowest BCUT2D eigenvalue weighted by molar-refractivity contribution is -0.138. The topological polar surface area (TPSA) is 86.6 Å². The van der Waals surface area contributed by atoms with E-state index < -0.39 is 24.5 Å². The molecule has 0 fully saturated rings. The molecule has 64 valence electrons. The summed E-state index contributed by atoms with van der Waals surface area (Å²) in [5, 5.41) is 18.9. The molecular weight excluding hydrogens is 150 g/mol. The Bertz CT molecular complexity index is 155. The summed E-state index contributed by atoms with van der Waals surface area (Å²) >= 11 is 0. The highest BCUT2D eigenvalue weighted by Gasteiger charge is 2.06. The molecule has 0 radical (unpaired) electrons. The Morgan fingerprint density at radius 2 is 2.09 bits per heavy atom. The Hall–Kier alpha value is -1.10. The fourth-order valence-electron chi connectivity index (χ4n) is 0.515. The number of carbonyl (C=O) groups is 2. The van der Waals surface area contributed by atoms with Gasteiger partial charge in [0, 0.05) is 0 Å². The van der Waals surface area contributed by atoms with Crippen LogP contribution < -0.4 is 5.32 Å². The van der Waals surface area contributed by atoms with E-state index >= 15 is 0 Å². The molecule has 1 atom stereocenters. The lowest BCUT2D eigenvalue weighted by Gasteiger charge is -2.03. The first kappa shape index (κ1) is 9.90. The van der Waals surface area contributed by atoms with Gasteiger partial charge >= 0.3 is 5.97 Å². The number of aliphatic hydroxyl groups excluding tert-OH is 1. The van der Waals surface area contributed by atoms with Gasteiger partial charge in [-0.1, -0.05) is 0 Å². The molecule has 0 heterocycles. The Balaban J connectivity index is 3.45. The first-order valence-electron chi connectivity index (χ1n) is 3.19. The van der Waals surface area contributed by atoms with Gasteiger partial charge in [0.15, 0.2) is 0 Å². The van der Waals surface area contributed by atoms with E-state index in [2.05, 4.69) is 5.32 Å². The van der Waals surface area contributed by atoms with Crippen LogP contribution in [-0.2, 0) is 9.59 Å². The normalized spacial score (nSPS) is 12.2. The van der Waals surface area contributed by atoms with E-state index in [9.17, 15) is 9.59 Å². The summed E-state index contributed by atoms with van der Waals surface area (Å²) in [6.07, 6.45) is -0.795. The number of aliphatic hydroxyl groups is 1. The van der Waals surface area contributed by atoms with Gasteiger partial charge in [-0.2, -0.15) is 0 Å². The Kier molecular flexibility index (Phi) is 4.21. The smallest absolute Gasteiger partial charge is 0.322 e. The van der Waals surface area contributed by atoms with Crippen molar-refractivity contribution in [1.82, 2.24) is 5.32 Å². The molecule has 0 aromatic carbocycles. The summed E-state index contributed by atoms with van der Waals surface area (Å²) in [4.78, 5) is 20.5. The van der Waals surface area contributed by atoms with Crippen molar-refractivity contribution in [2.24, 2.45) is 0 Å². The third kappa shape index (κ3) is 6.79. The first-order valence-corrected chi connectivity index (χ1v) is 3.19. The zero-order valence-corrected chi connectivity index (χ0v) is 6.20. The summed E-state index contributed by atoms with van der Waals surface area (Å²) in [5.74, 6) is -1.55. The van der Waals surface area contributed by atoms with Crippen molar-refractivity contribution in [3.63, 3.8) is 0 Å². The minimum absolute atomic E-state index is 0.0622. The summed E-state index contributed by atoms with van der Waals surface area (Å²) in [6, 6.07) is 0. The van der Waals surface area contributed by atoms with Crippen LogP contribution in [0.4, 0.5) is 0 Å². The molecular formula is C6H11NO4. The van der Waals surface area contributed by atoms with E-state index in [1.807, 2.05) is 0 Å². The fourth-order valence-corrected chi connectivity index (χ4v) is 0.515.